The lowest BCUT2D eigenvalue weighted by Gasteiger charge is -2.21. The lowest BCUT2D eigenvalue weighted by molar-refractivity contribution is 0.0706. The van der Waals surface area contributed by atoms with Crippen molar-refractivity contribution in [3.05, 3.63) is 35.0 Å². The first kappa shape index (κ1) is 12.2. The van der Waals surface area contributed by atoms with Crippen molar-refractivity contribution in [2.45, 2.75) is 25.3 Å². The number of rotatable bonds is 2. The van der Waals surface area contributed by atoms with Crippen LogP contribution in [0.15, 0.2) is 18.2 Å². The van der Waals surface area contributed by atoms with Crippen LogP contribution in [-0.2, 0) is 12.8 Å². The van der Waals surface area contributed by atoms with Crippen molar-refractivity contribution in [2.24, 2.45) is 0 Å². The molecule has 0 saturated heterocycles. The number of fused-ring (bicyclic) bond motifs is 3. The van der Waals surface area contributed by atoms with Crippen LogP contribution in [0.4, 0.5) is 0 Å². The van der Waals surface area contributed by atoms with Crippen molar-refractivity contribution in [3.8, 4) is 0 Å². The Balaban J connectivity index is 2.09. The summed E-state index contributed by atoms with van der Waals surface area (Å²) in [5, 5.41) is 13.1. The molecule has 1 aromatic heterocycles. The smallest absolute Gasteiger partial charge is 0.274 e. The molecule has 1 amide bonds. The number of amides is 1. The SMILES string of the molecule is CNC1CCc2[nH]c3ccc(C(=O)NO)cc3c2C1. The number of aromatic nitrogens is 1. The van der Waals surface area contributed by atoms with Crippen LogP contribution in [0.2, 0.25) is 0 Å². The van der Waals surface area contributed by atoms with Crippen molar-refractivity contribution in [3.63, 3.8) is 0 Å². The zero-order chi connectivity index (χ0) is 13.4. The van der Waals surface area contributed by atoms with Gasteiger partial charge in [0.25, 0.3) is 5.91 Å². The lowest BCUT2D eigenvalue weighted by atomic mass is 9.91. The number of benzene rings is 1. The third-order valence-electron chi connectivity index (χ3n) is 3.96. The van der Waals surface area contributed by atoms with Crippen molar-refractivity contribution >= 4 is 16.8 Å². The van der Waals surface area contributed by atoms with E-state index in [1.54, 1.807) is 11.5 Å². The van der Waals surface area contributed by atoms with Crippen molar-refractivity contribution < 1.29 is 10.0 Å². The van der Waals surface area contributed by atoms with Gasteiger partial charge in [0.15, 0.2) is 0 Å². The second-order valence-corrected chi connectivity index (χ2v) is 5.01. The van der Waals surface area contributed by atoms with E-state index in [1.165, 1.54) is 11.3 Å². The summed E-state index contributed by atoms with van der Waals surface area (Å²) in [6, 6.07) is 5.94. The Morgan fingerprint density at radius 3 is 3.05 bits per heavy atom. The van der Waals surface area contributed by atoms with E-state index in [0.717, 1.165) is 30.2 Å². The van der Waals surface area contributed by atoms with Gasteiger partial charge in [-0.2, -0.15) is 0 Å². The molecule has 1 heterocycles. The Bertz CT molecular complexity index is 633. The minimum absolute atomic E-state index is 0.474. The Hall–Kier alpha value is -1.85. The monoisotopic (exact) mass is 259 g/mol. The van der Waals surface area contributed by atoms with Crippen LogP contribution in [0.5, 0.6) is 0 Å². The van der Waals surface area contributed by atoms with Crippen LogP contribution in [-0.4, -0.2) is 29.2 Å². The summed E-state index contributed by atoms with van der Waals surface area (Å²) in [6.45, 7) is 0. The third kappa shape index (κ3) is 2.01. The summed E-state index contributed by atoms with van der Waals surface area (Å²) in [4.78, 5) is 14.9. The highest BCUT2D eigenvalue weighted by atomic mass is 16.5. The van der Waals surface area contributed by atoms with E-state index < -0.39 is 5.91 Å². The van der Waals surface area contributed by atoms with Crippen molar-refractivity contribution in [1.82, 2.24) is 15.8 Å². The topological polar surface area (TPSA) is 77.2 Å². The number of hydroxylamine groups is 1. The molecular formula is C14H17N3O2. The zero-order valence-electron chi connectivity index (χ0n) is 10.8. The molecule has 0 aliphatic heterocycles. The van der Waals surface area contributed by atoms with Crippen LogP contribution in [0.1, 0.15) is 28.0 Å². The largest absolute Gasteiger partial charge is 0.358 e. The molecule has 4 N–H and O–H groups in total. The van der Waals surface area contributed by atoms with Gasteiger partial charge < -0.3 is 10.3 Å². The molecule has 1 aromatic carbocycles. The van der Waals surface area contributed by atoms with E-state index in [0.29, 0.717) is 11.6 Å². The van der Waals surface area contributed by atoms with Crippen molar-refractivity contribution in [1.29, 1.82) is 0 Å². The predicted molar refractivity (Wildman–Crippen MR) is 72.4 cm³/mol. The quantitative estimate of drug-likeness (QED) is 0.486. The number of carbonyl (C=O) groups is 1. The molecule has 3 rings (SSSR count). The van der Waals surface area contributed by atoms with Crippen molar-refractivity contribution in [2.75, 3.05) is 7.05 Å². The lowest BCUT2D eigenvalue weighted by Crippen LogP contribution is -2.31. The summed E-state index contributed by atoms with van der Waals surface area (Å²) in [5.74, 6) is -0.474. The van der Waals surface area contributed by atoms with Gasteiger partial charge in [-0.25, -0.2) is 5.48 Å². The van der Waals surface area contributed by atoms with Crippen LogP contribution >= 0.6 is 0 Å². The average molecular weight is 259 g/mol. The summed E-state index contributed by atoms with van der Waals surface area (Å²) >= 11 is 0. The van der Waals surface area contributed by atoms with Gasteiger partial charge in [0.05, 0.1) is 0 Å². The third-order valence-corrected chi connectivity index (χ3v) is 3.96. The normalized spacial score (nSPS) is 18.3. The average Bonchev–Trinajstić information content (AvgIpc) is 2.83. The van der Waals surface area contributed by atoms with E-state index >= 15 is 0 Å². The Morgan fingerprint density at radius 2 is 2.32 bits per heavy atom. The molecule has 0 radical (unpaired) electrons. The number of H-pyrrole nitrogens is 1. The Kier molecular flexibility index (Phi) is 3.00. The van der Waals surface area contributed by atoms with E-state index in [1.807, 2.05) is 19.2 Å². The molecule has 19 heavy (non-hydrogen) atoms. The number of hydrogen-bond acceptors (Lipinski definition) is 3. The molecule has 100 valence electrons. The maximum atomic E-state index is 11.5. The van der Waals surface area contributed by atoms with Gasteiger partial charge in [0, 0.05) is 28.2 Å². The molecule has 0 spiro atoms. The predicted octanol–water partition coefficient (Wildman–Crippen LogP) is 1.36. The van der Waals surface area contributed by atoms with Gasteiger partial charge in [-0.1, -0.05) is 0 Å². The highest BCUT2D eigenvalue weighted by molar-refractivity contribution is 5.98. The second-order valence-electron chi connectivity index (χ2n) is 5.01. The minimum atomic E-state index is -0.474. The van der Waals surface area contributed by atoms with Crippen LogP contribution < -0.4 is 10.8 Å². The fraction of sp³-hybridized carbons (Fsp3) is 0.357. The molecule has 2 aromatic rings. The van der Waals surface area contributed by atoms with Gasteiger partial charge in [-0.05, 0) is 50.1 Å². The first-order valence-corrected chi connectivity index (χ1v) is 6.48. The molecule has 1 unspecified atom stereocenters. The number of likely N-dealkylation sites (N-methyl/N-ethyl adjacent to an activating group) is 1. The van der Waals surface area contributed by atoms with Gasteiger partial charge in [-0.15, -0.1) is 0 Å². The molecule has 0 bridgehead atoms. The van der Waals surface area contributed by atoms with E-state index in [4.69, 9.17) is 5.21 Å². The van der Waals surface area contributed by atoms with Crippen LogP contribution in [0.3, 0.4) is 0 Å². The Morgan fingerprint density at radius 1 is 1.47 bits per heavy atom. The highest BCUT2D eigenvalue weighted by Gasteiger charge is 2.21. The summed E-state index contributed by atoms with van der Waals surface area (Å²) < 4.78 is 0. The van der Waals surface area contributed by atoms with E-state index in [2.05, 4.69) is 10.3 Å². The number of hydrogen-bond donors (Lipinski definition) is 4. The van der Waals surface area contributed by atoms with Gasteiger partial charge in [-0.3, -0.25) is 10.0 Å². The molecule has 5 heteroatoms. The number of carbonyl (C=O) groups excluding carboxylic acids is 1. The fourth-order valence-corrected chi connectivity index (χ4v) is 2.87. The summed E-state index contributed by atoms with van der Waals surface area (Å²) in [5.41, 5.74) is 5.76. The fourth-order valence-electron chi connectivity index (χ4n) is 2.87. The summed E-state index contributed by atoms with van der Waals surface area (Å²) in [6.07, 6.45) is 3.12. The second kappa shape index (κ2) is 4.68. The standard InChI is InChI=1S/C14H17N3O2/c1-15-9-3-5-13-11(7-9)10-6-8(14(18)17-19)2-4-12(10)16-13/h2,4,6,9,15-16,19H,3,5,7H2,1H3,(H,17,18). The molecule has 1 aliphatic rings. The van der Waals surface area contributed by atoms with Gasteiger partial charge >= 0.3 is 0 Å². The first-order valence-electron chi connectivity index (χ1n) is 6.48. The molecule has 0 saturated carbocycles. The van der Waals surface area contributed by atoms with E-state index in [9.17, 15) is 4.79 Å². The maximum absolute atomic E-state index is 11.5. The molecule has 1 atom stereocenters. The molecule has 5 nitrogen and oxygen atoms in total. The summed E-state index contributed by atoms with van der Waals surface area (Å²) in [7, 11) is 1.98. The van der Waals surface area contributed by atoms with Crippen LogP contribution in [0.25, 0.3) is 10.9 Å². The Labute approximate surface area is 111 Å². The van der Waals surface area contributed by atoms with Crippen LogP contribution in [0, 0.1) is 0 Å². The molecular weight excluding hydrogens is 242 g/mol. The zero-order valence-corrected chi connectivity index (χ0v) is 10.8. The maximum Gasteiger partial charge on any atom is 0.274 e. The van der Waals surface area contributed by atoms with E-state index in [-0.39, 0.29) is 0 Å². The molecule has 0 fully saturated rings. The highest BCUT2D eigenvalue weighted by Crippen LogP contribution is 2.29. The number of nitrogens with one attached hydrogen (secondary N) is 3. The first-order chi connectivity index (χ1) is 9.22. The van der Waals surface area contributed by atoms with Gasteiger partial charge in [0.1, 0.15) is 0 Å². The molecule has 1 aliphatic carbocycles. The minimum Gasteiger partial charge on any atom is -0.358 e. The number of aromatic amines is 1. The number of aryl methyl sites for hydroxylation is 1. The van der Waals surface area contributed by atoms with Gasteiger partial charge in [0.2, 0.25) is 0 Å².